The summed E-state index contributed by atoms with van der Waals surface area (Å²) in [5, 5.41) is 9.26. The molecular formula is C18H17N3O2S. The quantitative estimate of drug-likeness (QED) is 0.862. The molecular weight excluding hydrogens is 322 g/mol. The lowest BCUT2D eigenvalue weighted by molar-refractivity contribution is 0.587. The van der Waals surface area contributed by atoms with Crippen LogP contribution in [0.4, 0.5) is 11.4 Å². The van der Waals surface area contributed by atoms with Crippen LogP contribution in [-0.4, -0.2) is 27.5 Å². The van der Waals surface area contributed by atoms with Crippen molar-refractivity contribution < 1.29 is 8.42 Å². The molecule has 0 N–H and O–H groups in total. The second-order valence-corrected chi connectivity index (χ2v) is 7.93. The van der Waals surface area contributed by atoms with Crippen LogP contribution in [0, 0.1) is 11.3 Å². The maximum Gasteiger partial charge on any atom is 0.265 e. The summed E-state index contributed by atoms with van der Waals surface area (Å²) in [4.78, 5) is 2.37. The van der Waals surface area contributed by atoms with Crippen LogP contribution in [0.1, 0.15) is 18.4 Å². The third kappa shape index (κ3) is 2.33. The topological polar surface area (TPSA) is 64.4 Å². The molecule has 6 heteroatoms. The molecule has 2 aromatic carbocycles. The van der Waals surface area contributed by atoms with Gasteiger partial charge in [0.05, 0.1) is 23.5 Å². The highest BCUT2D eigenvalue weighted by molar-refractivity contribution is 7.93. The van der Waals surface area contributed by atoms with Crippen molar-refractivity contribution in [2.75, 3.05) is 22.3 Å². The zero-order chi connectivity index (χ0) is 16.7. The number of para-hydroxylation sites is 2. The van der Waals surface area contributed by atoms with Gasteiger partial charge < -0.3 is 4.90 Å². The molecule has 0 bridgehead atoms. The average molecular weight is 339 g/mol. The Balaban J connectivity index is 1.82. The molecule has 1 heterocycles. The van der Waals surface area contributed by atoms with Gasteiger partial charge in [-0.1, -0.05) is 24.3 Å². The Morgan fingerprint density at radius 2 is 1.62 bits per heavy atom. The molecule has 0 unspecified atom stereocenters. The van der Waals surface area contributed by atoms with Gasteiger partial charge in [0.1, 0.15) is 11.0 Å². The van der Waals surface area contributed by atoms with Crippen molar-refractivity contribution in [1.29, 1.82) is 5.26 Å². The van der Waals surface area contributed by atoms with E-state index in [2.05, 4.69) is 4.90 Å². The first-order valence-electron chi connectivity index (χ1n) is 8.00. The van der Waals surface area contributed by atoms with E-state index in [1.54, 1.807) is 18.2 Å². The Labute approximate surface area is 141 Å². The summed E-state index contributed by atoms with van der Waals surface area (Å²) in [5.74, 6) is 0. The molecule has 24 heavy (non-hydrogen) atoms. The van der Waals surface area contributed by atoms with Gasteiger partial charge in [0.15, 0.2) is 0 Å². The van der Waals surface area contributed by atoms with E-state index in [1.807, 2.05) is 30.3 Å². The fourth-order valence-corrected chi connectivity index (χ4v) is 4.89. The van der Waals surface area contributed by atoms with Crippen LogP contribution in [0.25, 0.3) is 0 Å². The molecule has 1 aliphatic heterocycles. The first-order chi connectivity index (χ1) is 11.6. The molecule has 5 nitrogen and oxygen atoms in total. The Morgan fingerprint density at radius 1 is 0.958 bits per heavy atom. The predicted octanol–water partition coefficient (Wildman–Crippen LogP) is 2.74. The molecule has 0 saturated heterocycles. The van der Waals surface area contributed by atoms with Gasteiger partial charge >= 0.3 is 0 Å². The lowest BCUT2D eigenvalue weighted by Gasteiger charge is -2.38. The van der Waals surface area contributed by atoms with Crippen LogP contribution in [0.2, 0.25) is 0 Å². The van der Waals surface area contributed by atoms with Gasteiger partial charge in [-0.3, -0.25) is 4.31 Å². The molecule has 0 aromatic heterocycles. The second kappa shape index (κ2) is 5.53. The van der Waals surface area contributed by atoms with Crippen LogP contribution in [-0.2, 0) is 10.0 Å². The highest BCUT2D eigenvalue weighted by Crippen LogP contribution is 2.41. The van der Waals surface area contributed by atoms with Crippen molar-refractivity contribution in [3.8, 4) is 6.07 Å². The van der Waals surface area contributed by atoms with Crippen molar-refractivity contribution in [3.63, 3.8) is 0 Å². The number of benzene rings is 2. The Morgan fingerprint density at radius 3 is 2.33 bits per heavy atom. The van der Waals surface area contributed by atoms with Crippen molar-refractivity contribution in [2.45, 2.75) is 23.8 Å². The largest absolute Gasteiger partial charge is 0.365 e. The van der Waals surface area contributed by atoms with Gasteiger partial charge in [-0.2, -0.15) is 5.26 Å². The molecule has 1 saturated carbocycles. The fraction of sp³-hybridized carbons (Fsp3) is 0.278. The normalized spacial score (nSPS) is 17.3. The number of sulfonamides is 1. The first kappa shape index (κ1) is 15.0. The summed E-state index contributed by atoms with van der Waals surface area (Å²) in [6, 6.07) is 16.5. The number of hydrogen-bond donors (Lipinski definition) is 0. The van der Waals surface area contributed by atoms with E-state index in [9.17, 15) is 13.7 Å². The SMILES string of the molecule is N#Cc1ccccc1S(=O)(=O)N1CCN(C2CC2)c2ccccc21. The van der Waals surface area contributed by atoms with Gasteiger partial charge in [-0.05, 0) is 37.1 Å². The summed E-state index contributed by atoms with van der Waals surface area (Å²) in [7, 11) is -3.76. The van der Waals surface area contributed by atoms with E-state index in [0.717, 1.165) is 5.69 Å². The summed E-state index contributed by atoms with van der Waals surface area (Å²) in [6.07, 6.45) is 2.33. The van der Waals surface area contributed by atoms with E-state index in [-0.39, 0.29) is 10.5 Å². The first-order valence-corrected chi connectivity index (χ1v) is 9.44. The van der Waals surface area contributed by atoms with E-state index < -0.39 is 10.0 Å². The third-order valence-corrected chi connectivity index (χ3v) is 6.44. The van der Waals surface area contributed by atoms with E-state index in [1.165, 1.54) is 23.2 Å². The Bertz CT molecular complexity index is 929. The molecule has 0 radical (unpaired) electrons. The van der Waals surface area contributed by atoms with Crippen molar-refractivity contribution in [2.24, 2.45) is 0 Å². The number of nitrogens with zero attached hydrogens (tertiary/aromatic N) is 3. The number of hydrogen-bond acceptors (Lipinski definition) is 4. The maximum atomic E-state index is 13.2. The number of nitriles is 1. The summed E-state index contributed by atoms with van der Waals surface area (Å²) >= 11 is 0. The third-order valence-electron chi connectivity index (χ3n) is 4.57. The lowest BCUT2D eigenvalue weighted by Crippen LogP contribution is -2.45. The average Bonchev–Trinajstić information content (AvgIpc) is 3.45. The number of rotatable bonds is 3. The van der Waals surface area contributed by atoms with Crippen LogP contribution >= 0.6 is 0 Å². The van der Waals surface area contributed by atoms with Crippen LogP contribution < -0.4 is 9.21 Å². The summed E-state index contributed by atoms with van der Waals surface area (Å²) < 4.78 is 27.8. The standard InChI is InChI=1S/C18H17N3O2S/c19-13-14-5-1-4-8-18(14)24(22,23)21-12-11-20(15-9-10-15)16-6-2-3-7-17(16)21/h1-8,15H,9-12H2. The van der Waals surface area contributed by atoms with E-state index in [0.29, 0.717) is 24.8 Å². The van der Waals surface area contributed by atoms with Crippen LogP contribution in [0.3, 0.4) is 0 Å². The maximum absolute atomic E-state index is 13.2. The lowest BCUT2D eigenvalue weighted by atomic mass is 10.2. The molecule has 0 spiro atoms. The minimum atomic E-state index is -3.76. The molecule has 1 aliphatic carbocycles. The molecule has 4 rings (SSSR count). The van der Waals surface area contributed by atoms with Gasteiger partial charge in [0, 0.05) is 12.6 Å². The minimum Gasteiger partial charge on any atom is -0.365 e. The second-order valence-electron chi connectivity index (χ2n) is 6.10. The molecule has 122 valence electrons. The van der Waals surface area contributed by atoms with Gasteiger partial charge in [-0.25, -0.2) is 8.42 Å². The molecule has 1 fully saturated rings. The zero-order valence-electron chi connectivity index (χ0n) is 13.1. The Hall–Kier alpha value is -2.52. The van der Waals surface area contributed by atoms with Gasteiger partial charge in [-0.15, -0.1) is 0 Å². The molecule has 2 aliphatic rings. The van der Waals surface area contributed by atoms with E-state index >= 15 is 0 Å². The van der Waals surface area contributed by atoms with Crippen molar-refractivity contribution in [3.05, 3.63) is 54.1 Å². The van der Waals surface area contributed by atoms with Gasteiger partial charge in [0.2, 0.25) is 0 Å². The summed E-state index contributed by atoms with van der Waals surface area (Å²) in [6.45, 7) is 1.07. The van der Waals surface area contributed by atoms with Crippen LogP contribution in [0.15, 0.2) is 53.4 Å². The number of anilines is 2. The number of fused-ring (bicyclic) bond motifs is 1. The fourth-order valence-electron chi connectivity index (χ4n) is 3.28. The smallest absolute Gasteiger partial charge is 0.265 e. The monoisotopic (exact) mass is 339 g/mol. The zero-order valence-corrected chi connectivity index (χ0v) is 13.9. The summed E-state index contributed by atoms with van der Waals surface area (Å²) in [5.41, 5.74) is 1.84. The van der Waals surface area contributed by atoms with Gasteiger partial charge in [0.25, 0.3) is 10.0 Å². The minimum absolute atomic E-state index is 0.0715. The van der Waals surface area contributed by atoms with E-state index in [4.69, 9.17) is 0 Å². The highest BCUT2D eigenvalue weighted by Gasteiger charge is 2.38. The van der Waals surface area contributed by atoms with Crippen molar-refractivity contribution >= 4 is 21.4 Å². The highest BCUT2D eigenvalue weighted by atomic mass is 32.2. The molecule has 2 aromatic rings. The van der Waals surface area contributed by atoms with Crippen LogP contribution in [0.5, 0.6) is 0 Å². The predicted molar refractivity (Wildman–Crippen MR) is 92.5 cm³/mol. The molecule has 0 atom stereocenters. The molecule has 0 amide bonds. The Kier molecular flexibility index (Phi) is 3.47. The van der Waals surface area contributed by atoms with Crippen molar-refractivity contribution in [1.82, 2.24) is 0 Å².